The van der Waals surface area contributed by atoms with Crippen molar-refractivity contribution in [3.05, 3.63) is 12.7 Å². The molecule has 1 aliphatic rings. The molecule has 0 radical (unpaired) electrons. The van der Waals surface area contributed by atoms with Crippen LogP contribution < -0.4 is 0 Å². The zero-order valence-electron chi connectivity index (χ0n) is 8.12. The zero-order chi connectivity index (χ0) is 9.90. The molecular formula is C10H17NO2. The number of amides is 1. The highest BCUT2D eigenvalue weighted by Crippen LogP contribution is 2.21. The molecule has 0 bridgehead atoms. The average Bonchev–Trinajstić information content (AvgIpc) is 2.25. The third-order valence-corrected chi connectivity index (χ3v) is 2.55. The lowest BCUT2D eigenvalue weighted by Gasteiger charge is -2.21. The van der Waals surface area contributed by atoms with Gasteiger partial charge in [-0.1, -0.05) is 6.58 Å². The van der Waals surface area contributed by atoms with Crippen LogP contribution in [0.15, 0.2) is 12.7 Å². The van der Waals surface area contributed by atoms with Crippen molar-refractivity contribution < 1.29 is 9.90 Å². The van der Waals surface area contributed by atoms with E-state index in [9.17, 15) is 9.90 Å². The van der Waals surface area contributed by atoms with E-state index in [1.165, 1.54) is 6.08 Å². The molecule has 1 amide bonds. The molecule has 74 valence electrons. The van der Waals surface area contributed by atoms with E-state index in [0.717, 1.165) is 19.4 Å². The summed E-state index contributed by atoms with van der Waals surface area (Å²) >= 11 is 0. The van der Waals surface area contributed by atoms with Crippen LogP contribution >= 0.6 is 0 Å². The van der Waals surface area contributed by atoms with Crippen LogP contribution in [0.2, 0.25) is 0 Å². The van der Waals surface area contributed by atoms with Gasteiger partial charge in [-0.3, -0.25) is 4.79 Å². The Balaban J connectivity index is 2.54. The molecule has 0 saturated carbocycles. The lowest BCUT2D eigenvalue weighted by molar-refractivity contribution is -0.126. The van der Waals surface area contributed by atoms with Crippen LogP contribution in [-0.4, -0.2) is 34.6 Å². The van der Waals surface area contributed by atoms with Gasteiger partial charge in [0.2, 0.25) is 5.91 Å². The monoisotopic (exact) mass is 183 g/mol. The topological polar surface area (TPSA) is 40.5 Å². The zero-order valence-corrected chi connectivity index (χ0v) is 8.12. The van der Waals surface area contributed by atoms with E-state index in [0.29, 0.717) is 13.0 Å². The Morgan fingerprint density at radius 1 is 1.54 bits per heavy atom. The first-order valence-corrected chi connectivity index (χ1v) is 4.69. The second-order valence-electron chi connectivity index (χ2n) is 3.88. The molecule has 1 fully saturated rings. The molecular weight excluding hydrogens is 166 g/mol. The number of hydrogen-bond acceptors (Lipinski definition) is 2. The predicted octanol–water partition coefficient (Wildman–Crippen LogP) is 0.936. The van der Waals surface area contributed by atoms with Gasteiger partial charge in [-0.15, -0.1) is 0 Å². The summed E-state index contributed by atoms with van der Waals surface area (Å²) in [4.78, 5) is 13.0. The molecule has 0 aromatic carbocycles. The fourth-order valence-electron chi connectivity index (χ4n) is 1.61. The van der Waals surface area contributed by atoms with Gasteiger partial charge in [0, 0.05) is 13.1 Å². The molecule has 0 aliphatic carbocycles. The summed E-state index contributed by atoms with van der Waals surface area (Å²) in [5, 5.41) is 9.76. The Morgan fingerprint density at radius 3 is 2.85 bits per heavy atom. The van der Waals surface area contributed by atoms with E-state index in [2.05, 4.69) is 6.58 Å². The molecule has 13 heavy (non-hydrogen) atoms. The third-order valence-electron chi connectivity index (χ3n) is 2.55. The molecule has 0 aromatic rings. The van der Waals surface area contributed by atoms with Crippen LogP contribution in [0.3, 0.4) is 0 Å². The first-order valence-electron chi connectivity index (χ1n) is 4.69. The Bertz CT molecular complexity index is 211. The number of rotatable bonds is 1. The maximum absolute atomic E-state index is 11.3. The van der Waals surface area contributed by atoms with Crippen molar-refractivity contribution in [2.75, 3.05) is 13.1 Å². The lowest BCUT2D eigenvalue weighted by Crippen LogP contribution is -2.32. The summed E-state index contributed by atoms with van der Waals surface area (Å²) in [6.07, 6.45) is 3.63. The van der Waals surface area contributed by atoms with Crippen LogP contribution in [0.25, 0.3) is 0 Å². The first-order chi connectivity index (χ1) is 6.05. The maximum Gasteiger partial charge on any atom is 0.245 e. The Kier molecular flexibility index (Phi) is 3.09. The predicted molar refractivity (Wildman–Crippen MR) is 51.3 cm³/mol. The maximum atomic E-state index is 11.3. The number of nitrogens with zero attached hydrogens (tertiary/aromatic N) is 1. The van der Waals surface area contributed by atoms with Gasteiger partial charge < -0.3 is 10.0 Å². The Morgan fingerprint density at radius 2 is 2.23 bits per heavy atom. The van der Waals surface area contributed by atoms with Crippen molar-refractivity contribution in [1.29, 1.82) is 0 Å². The number of carbonyl (C=O) groups is 1. The normalized spacial score (nSPS) is 29.5. The summed E-state index contributed by atoms with van der Waals surface area (Å²) in [5.74, 6) is -0.0299. The smallest absolute Gasteiger partial charge is 0.245 e. The van der Waals surface area contributed by atoms with E-state index < -0.39 is 5.60 Å². The summed E-state index contributed by atoms with van der Waals surface area (Å²) in [6, 6.07) is 0. The fourth-order valence-corrected chi connectivity index (χ4v) is 1.61. The van der Waals surface area contributed by atoms with Crippen LogP contribution in [0, 0.1) is 0 Å². The molecule has 1 unspecified atom stereocenters. The first kappa shape index (κ1) is 10.3. The molecule has 0 spiro atoms. The number of carbonyl (C=O) groups excluding carboxylic acids is 1. The number of aliphatic hydroxyl groups is 1. The number of likely N-dealkylation sites (tertiary alicyclic amines) is 1. The summed E-state index contributed by atoms with van der Waals surface area (Å²) in [6.45, 7) is 6.65. The SMILES string of the molecule is C=CC(=O)N1CCCC(C)(O)CC1. The minimum absolute atomic E-state index is 0.0299. The average molecular weight is 183 g/mol. The van der Waals surface area contributed by atoms with Gasteiger partial charge in [-0.2, -0.15) is 0 Å². The van der Waals surface area contributed by atoms with Gasteiger partial charge in [-0.25, -0.2) is 0 Å². The van der Waals surface area contributed by atoms with Gasteiger partial charge in [0.1, 0.15) is 0 Å². The van der Waals surface area contributed by atoms with E-state index in [-0.39, 0.29) is 5.91 Å². The van der Waals surface area contributed by atoms with E-state index in [1.54, 1.807) is 4.90 Å². The minimum Gasteiger partial charge on any atom is -0.390 e. The highest BCUT2D eigenvalue weighted by molar-refractivity contribution is 5.86. The standard InChI is InChI=1S/C10H17NO2/c1-3-9(12)11-7-4-5-10(2,13)6-8-11/h3,13H,1,4-8H2,2H3. The largest absolute Gasteiger partial charge is 0.390 e. The molecule has 1 aliphatic heterocycles. The van der Waals surface area contributed by atoms with Crippen LogP contribution in [0.5, 0.6) is 0 Å². The van der Waals surface area contributed by atoms with E-state index >= 15 is 0 Å². The Labute approximate surface area is 79.0 Å². The second kappa shape index (κ2) is 3.92. The van der Waals surface area contributed by atoms with Crippen LogP contribution in [-0.2, 0) is 4.79 Å². The summed E-state index contributed by atoms with van der Waals surface area (Å²) < 4.78 is 0. The van der Waals surface area contributed by atoms with Crippen molar-refractivity contribution in [2.45, 2.75) is 31.8 Å². The third kappa shape index (κ3) is 2.84. The lowest BCUT2D eigenvalue weighted by atomic mass is 9.98. The highest BCUT2D eigenvalue weighted by Gasteiger charge is 2.25. The van der Waals surface area contributed by atoms with Crippen molar-refractivity contribution >= 4 is 5.91 Å². The molecule has 3 heteroatoms. The number of hydrogen-bond donors (Lipinski definition) is 1. The second-order valence-corrected chi connectivity index (χ2v) is 3.88. The highest BCUT2D eigenvalue weighted by atomic mass is 16.3. The van der Waals surface area contributed by atoms with Crippen LogP contribution in [0.1, 0.15) is 26.2 Å². The molecule has 1 heterocycles. The van der Waals surface area contributed by atoms with Gasteiger partial charge in [-0.05, 0) is 32.3 Å². The minimum atomic E-state index is -0.601. The van der Waals surface area contributed by atoms with Gasteiger partial charge in [0.15, 0.2) is 0 Å². The van der Waals surface area contributed by atoms with Crippen LogP contribution in [0.4, 0.5) is 0 Å². The molecule has 1 N–H and O–H groups in total. The quantitative estimate of drug-likeness (QED) is 0.614. The van der Waals surface area contributed by atoms with Gasteiger partial charge >= 0.3 is 0 Å². The van der Waals surface area contributed by atoms with Crippen molar-refractivity contribution in [1.82, 2.24) is 4.90 Å². The fraction of sp³-hybridized carbons (Fsp3) is 0.700. The molecule has 1 rings (SSSR count). The van der Waals surface area contributed by atoms with E-state index in [1.807, 2.05) is 6.92 Å². The van der Waals surface area contributed by atoms with Gasteiger partial charge in [0.05, 0.1) is 5.60 Å². The molecule has 3 nitrogen and oxygen atoms in total. The van der Waals surface area contributed by atoms with Gasteiger partial charge in [0.25, 0.3) is 0 Å². The van der Waals surface area contributed by atoms with Crippen molar-refractivity contribution in [2.24, 2.45) is 0 Å². The molecule has 1 saturated heterocycles. The summed E-state index contributed by atoms with van der Waals surface area (Å²) in [5.41, 5.74) is -0.601. The Hall–Kier alpha value is -0.830. The van der Waals surface area contributed by atoms with Crippen molar-refractivity contribution in [3.63, 3.8) is 0 Å². The van der Waals surface area contributed by atoms with Crippen molar-refractivity contribution in [3.8, 4) is 0 Å². The molecule has 1 atom stereocenters. The molecule has 0 aromatic heterocycles. The summed E-state index contributed by atoms with van der Waals surface area (Å²) in [7, 11) is 0. The van der Waals surface area contributed by atoms with E-state index in [4.69, 9.17) is 0 Å².